The molecule has 0 unspecified atom stereocenters. The molecule has 0 saturated carbocycles. The predicted octanol–water partition coefficient (Wildman–Crippen LogP) is 1.95. The number of benzene rings is 1. The Bertz CT molecular complexity index is 808. The van der Waals surface area contributed by atoms with E-state index in [2.05, 4.69) is 10.1 Å². The van der Waals surface area contributed by atoms with Crippen molar-refractivity contribution in [3.8, 4) is 5.75 Å². The van der Waals surface area contributed by atoms with Crippen molar-refractivity contribution in [2.75, 3.05) is 12.4 Å². The van der Waals surface area contributed by atoms with Gasteiger partial charge in [-0.05, 0) is 30.5 Å². The van der Waals surface area contributed by atoms with Crippen LogP contribution in [0.1, 0.15) is 25.3 Å². The van der Waals surface area contributed by atoms with E-state index in [0.717, 1.165) is 0 Å². The molecule has 1 aromatic heterocycles. The Labute approximate surface area is 131 Å². The summed E-state index contributed by atoms with van der Waals surface area (Å²) in [4.78, 5) is 34.7. The molecule has 23 heavy (non-hydrogen) atoms. The quantitative estimate of drug-likeness (QED) is 0.644. The molecule has 2 aromatic rings. The number of ether oxygens (including phenoxy) is 1. The number of hydrogen-bond acceptors (Lipinski definition) is 6. The van der Waals surface area contributed by atoms with E-state index in [9.17, 15) is 19.5 Å². The van der Waals surface area contributed by atoms with Crippen molar-refractivity contribution in [1.29, 1.82) is 0 Å². The number of aromatic hydroxyl groups is 1. The molecular weight excluding hydrogens is 302 g/mol. The first kappa shape index (κ1) is 16.5. The number of nitrogens with one attached hydrogen (secondary N) is 1. The molecule has 1 amide bonds. The van der Waals surface area contributed by atoms with Crippen LogP contribution in [0.15, 0.2) is 27.4 Å². The van der Waals surface area contributed by atoms with Gasteiger partial charge in [-0.25, -0.2) is 4.79 Å². The minimum atomic E-state index is -0.702. The lowest BCUT2D eigenvalue weighted by Crippen LogP contribution is -2.17. The molecule has 2 N–H and O–H groups in total. The SMILES string of the molecule is COC(=O)CCCc1c(NC(C)=O)c(=O)oc2cc(O)ccc12. The molecule has 7 heteroatoms. The number of esters is 1. The second-order valence-corrected chi connectivity index (χ2v) is 5.03. The van der Waals surface area contributed by atoms with E-state index >= 15 is 0 Å². The topological polar surface area (TPSA) is 106 Å². The third kappa shape index (κ3) is 3.88. The number of carbonyl (C=O) groups excluding carboxylic acids is 2. The van der Waals surface area contributed by atoms with E-state index in [1.807, 2.05) is 0 Å². The average molecular weight is 319 g/mol. The summed E-state index contributed by atoms with van der Waals surface area (Å²) in [6.45, 7) is 1.29. The lowest BCUT2D eigenvalue weighted by atomic mass is 10.0. The molecule has 0 aliphatic carbocycles. The molecule has 2 rings (SSSR count). The zero-order chi connectivity index (χ0) is 17.0. The molecule has 0 aliphatic heterocycles. The van der Waals surface area contributed by atoms with E-state index in [4.69, 9.17) is 4.42 Å². The second kappa shape index (κ2) is 6.95. The van der Waals surface area contributed by atoms with Gasteiger partial charge < -0.3 is 19.6 Å². The Morgan fingerprint density at radius 1 is 1.35 bits per heavy atom. The van der Waals surface area contributed by atoms with E-state index < -0.39 is 11.5 Å². The third-order valence-corrected chi connectivity index (χ3v) is 3.34. The van der Waals surface area contributed by atoms with Gasteiger partial charge in [-0.15, -0.1) is 0 Å². The molecule has 0 fully saturated rings. The molecule has 0 atom stereocenters. The molecule has 1 aromatic carbocycles. The van der Waals surface area contributed by atoms with E-state index in [-0.39, 0.29) is 29.4 Å². The van der Waals surface area contributed by atoms with Crippen LogP contribution in [0.4, 0.5) is 5.69 Å². The first-order valence-corrected chi connectivity index (χ1v) is 7.05. The van der Waals surface area contributed by atoms with Gasteiger partial charge in [0.1, 0.15) is 17.0 Å². The summed E-state index contributed by atoms with van der Waals surface area (Å²) >= 11 is 0. The maximum Gasteiger partial charge on any atom is 0.360 e. The van der Waals surface area contributed by atoms with E-state index in [0.29, 0.717) is 23.8 Å². The number of anilines is 1. The number of aryl methyl sites for hydroxylation is 1. The van der Waals surface area contributed by atoms with Crippen molar-refractivity contribution in [3.63, 3.8) is 0 Å². The first-order valence-electron chi connectivity index (χ1n) is 7.05. The molecule has 0 spiro atoms. The van der Waals surface area contributed by atoms with Crippen molar-refractivity contribution in [2.45, 2.75) is 26.2 Å². The fourth-order valence-electron chi connectivity index (χ4n) is 2.33. The van der Waals surface area contributed by atoms with Crippen LogP contribution in [0.5, 0.6) is 5.75 Å². The number of fused-ring (bicyclic) bond motifs is 1. The minimum Gasteiger partial charge on any atom is -0.508 e. The molecule has 0 bridgehead atoms. The standard InChI is InChI=1S/C16H17NO6/c1-9(18)17-15-12(4-3-5-14(20)22-2)11-7-6-10(19)8-13(11)23-16(15)21/h6-8,19H,3-5H2,1-2H3,(H,17,18). The highest BCUT2D eigenvalue weighted by molar-refractivity contribution is 5.94. The summed E-state index contributed by atoms with van der Waals surface area (Å²) in [7, 11) is 1.31. The van der Waals surface area contributed by atoms with E-state index in [1.54, 1.807) is 6.07 Å². The van der Waals surface area contributed by atoms with Crippen LogP contribution in [-0.4, -0.2) is 24.1 Å². The largest absolute Gasteiger partial charge is 0.508 e. The summed E-state index contributed by atoms with van der Waals surface area (Å²) in [6.07, 6.45) is 1.01. The van der Waals surface area contributed by atoms with Gasteiger partial charge in [-0.1, -0.05) is 0 Å². The molecule has 0 saturated heterocycles. The molecular formula is C16H17NO6. The van der Waals surface area contributed by atoms with Crippen LogP contribution in [-0.2, 0) is 20.7 Å². The highest BCUT2D eigenvalue weighted by atomic mass is 16.5. The number of carbonyl (C=O) groups is 2. The van der Waals surface area contributed by atoms with E-state index in [1.165, 1.54) is 26.2 Å². The predicted molar refractivity (Wildman–Crippen MR) is 83.4 cm³/mol. The Balaban J connectivity index is 2.49. The third-order valence-electron chi connectivity index (χ3n) is 3.34. The van der Waals surface area contributed by atoms with Gasteiger partial charge in [0.25, 0.3) is 0 Å². The lowest BCUT2D eigenvalue weighted by Gasteiger charge is -2.11. The highest BCUT2D eigenvalue weighted by Crippen LogP contribution is 2.27. The van der Waals surface area contributed by atoms with Crippen molar-refractivity contribution >= 4 is 28.5 Å². The van der Waals surface area contributed by atoms with Crippen molar-refractivity contribution in [3.05, 3.63) is 34.2 Å². The lowest BCUT2D eigenvalue weighted by molar-refractivity contribution is -0.140. The van der Waals surface area contributed by atoms with Gasteiger partial charge in [-0.2, -0.15) is 0 Å². The summed E-state index contributed by atoms with van der Waals surface area (Å²) in [6, 6.07) is 4.40. The normalized spacial score (nSPS) is 10.5. The molecule has 122 valence electrons. The summed E-state index contributed by atoms with van der Waals surface area (Å²) in [5.74, 6) is -0.783. The van der Waals surface area contributed by atoms with Gasteiger partial charge in [-0.3, -0.25) is 9.59 Å². The van der Waals surface area contributed by atoms with Crippen molar-refractivity contribution in [2.24, 2.45) is 0 Å². The monoisotopic (exact) mass is 319 g/mol. The maximum atomic E-state index is 12.1. The number of rotatable bonds is 5. The van der Waals surface area contributed by atoms with Crippen LogP contribution >= 0.6 is 0 Å². The average Bonchev–Trinajstić information content (AvgIpc) is 2.49. The fourth-order valence-corrected chi connectivity index (χ4v) is 2.33. The van der Waals surface area contributed by atoms with Crippen molar-refractivity contribution in [1.82, 2.24) is 0 Å². The molecule has 1 heterocycles. The van der Waals surface area contributed by atoms with Crippen LogP contribution in [0.3, 0.4) is 0 Å². The van der Waals surface area contributed by atoms with Crippen LogP contribution in [0.25, 0.3) is 11.0 Å². The van der Waals surface area contributed by atoms with Crippen LogP contribution in [0, 0.1) is 0 Å². The summed E-state index contributed by atoms with van der Waals surface area (Å²) in [5, 5.41) is 12.6. The Kier molecular flexibility index (Phi) is 5.00. The smallest absolute Gasteiger partial charge is 0.360 e. The van der Waals surface area contributed by atoms with Gasteiger partial charge >= 0.3 is 11.6 Å². The van der Waals surface area contributed by atoms with Gasteiger partial charge in [0.05, 0.1) is 7.11 Å². The number of phenolic OH excluding ortho intramolecular Hbond substituents is 1. The number of amides is 1. The maximum absolute atomic E-state index is 12.1. The zero-order valence-corrected chi connectivity index (χ0v) is 12.8. The van der Waals surface area contributed by atoms with Crippen molar-refractivity contribution < 1.29 is 23.8 Å². The van der Waals surface area contributed by atoms with Gasteiger partial charge in [0.2, 0.25) is 5.91 Å². The zero-order valence-electron chi connectivity index (χ0n) is 12.8. The summed E-state index contributed by atoms with van der Waals surface area (Å²) < 4.78 is 9.73. The summed E-state index contributed by atoms with van der Waals surface area (Å²) in [5.41, 5.74) is 0.138. The first-order chi connectivity index (χ1) is 10.9. The fraction of sp³-hybridized carbons (Fsp3) is 0.312. The highest BCUT2D eigenvalue weighted by Gasteiger charge is 2.16. The van der Waals surface area contributed by atoms with Gasteiger partial charge in [0, 0.05) is 24.8 Å². The van der Waals surface area contributed by atoms with Crippen LogP contribution in [0.2, 0.25) is 0 Å². The molecule has 0 aliphatic rings. The number of methoxy groups -OCH3 is 1. The second-order valence-electron chi connectivity index (χ2n) is 5.03. The number of hydrogen-bond donors (Lipinski definition) is 2. The molecule has 0 radical (unpaired) electrons. The Morgan fingerprint density at radius 2 is 2.09 bits per heavy atom. The Morgan fingerprint density at radius 3 is 2.74 bits per heavy atom. The minimum absolute atomic E-state index is 0.0339. The molecule has 7 nitrogen and oxygen atoms in total. The van der Waals surface area contributed by atoms with Gasteiger partial charge in [0.15, 0.2) is 0 Å². The Hall–Kier alpha value is -2.83. The van der Waals surface area contributed by atoms with Crippen LogP contribution < -0.4 is 10.9 Å². The number of phenols is 1.